The predicted molar refractivity (Wildman–Crippen MR) is 77.7 cm³/mol. The van der Waals surface area contributed by atoms with E-state index in [2.05, 4.69) is 21.7 Å². The van der Waals surface area contributed by atoms with Crippen LogP contribution in [0, 0.1) is 0 Å². The molecular weight excluding hydrogens is 276 g/mol. The third-order valence-corrected chi connectivity index (χ3v) is 7.86. The molecule has 3 rings (SSSR count). The first-order valence-corrected chi connectivity index (χ1v) is 9.91. The van der Waals surface area contributed by atoms with Gasteiger partial charge < -0.3 is 0 Å². The van der Waals surface area contributed by atoms with Gasteiger partial charge in [0.15, 0.2) is 0 Å². The van der Waals surface area contributed by atoms with Crippen molar-refractivity contribution >= 4 is 43.2 Å². The van der Waals surface area contributed by atoms with E-state index >= 15 is 0 Å². The average Bonchev–Trinajstić information content (AvgIpc) is 3.01. The molecule has 1 aromatic heterocycles. The molecule has 6 heteroatoms. The Morgan fingerprint density at radius 3 is 3.12 bits per heavy atom. The minimum atomic E-state index is 0.468. The van der Waals surface area contributed by atoms with Gasteiger partial charge in [0.2, 0.25) is 0 Å². The number of hydrogen-bond donors (Lipinski definition) is 1. The highest BCUT2D eigenvalue weighted by atomic mass is 33.1. The van der Waals surface area contributed by atoms with Crippen LogP contribution < -0.4 is 0 Å². The van der Waals surface area contributed by atoms with Crippen molar-refractivity contribution in [3.8, 4) is 0 Å². The Hall–Kier alpha value is 0.350. The number of aromatic nitrogens is 2. The Labute approximate surface area is 111 Å². The van der Waals surface area contributed by atoms with E-state index in [1.165, 1.54) is 29.9 Å². The molecule has 2 atom stereocenters. The molecule has 3 heterocycles. The molecule has 2 aliphatic rings. The Morgan fingerprint density at radius 2 is 2.38 bits per heavy atom. The lowest BCUT2D eigenvalue weighted by molar-refractivity contribution is 0.777. The normalized spacial score (nSPS) is 29.8. The van der Waals surface area contributed by atoms with E-state index in [1.54, 1.807) is 0 Å². The van der Waals surface area contributed by atoms with Crippen molar-refractivity contribution < 1.29 is 0 Å². The van der Waals surface area contributed by atoms with E-state index in [0.29, 0.717) is 10.5 Å². The molecule has 86 valence electrons. The summed E-state index contributed by atoms with van der Waals surface area (Å²) in [5, 5.41) is 10.7. The zero-order valence-electron chi connectivity index (χ0n) is 8.59. The maximum Gasteiger partial charge on any atom is 0.0762 e. The van der Waals surface area contributed by atoms with E-state index in [9.17, 15) is 0 Å². The summed E-state index contributed by atoms with van der Waals surface area (Å²) in [6.07, 6.45) is 6.90. The van der Waals surface area contributed by atoms with Crippen LogP contribution in [0.3, 0.4) is 0 Å². The number of nitrogens with one attached hydrogen (secondary N) is 1. The fourth-order valence-corrected chi connectivity index (χ4v) is 6.87. The zero-order chi connectivity index (χ0) is 10.8. The number of hydrogen-bond acceptors (Lipinski definition) is 5. The first kappa shape index (κ1) is 11.4. The van der Waals surface area contributed by atoms with Crippen molar-refractivity contribution in [3.63, 3.8) is 0 Å². The van der Waals surface area contributed by atoms with Crippen LogP contribution in [0.4, 0.5) is 0 Å². The number of aromatic amines is 1. The lowest BCUT2D eigenvalue weighted by Gasteiger charge is -2.21. The van der Waals surface area contributed by atoms with E-state index in [4.69, 9.17) is 0 Å². The molecule has 0 bridgehead atoms. The maximum absolute atomic E-state index is 4.24. The SMILES string of the molecule is C1=CC(c2[nH]ncc2C2CCCSS2)SS1. The van der Waals surface area contributed by atoms with Gasteiger partial charge in [-0.15, -0.1) is 0 Å². The van der Waals surface area contributed by atoms with Crippen molar-refractivity contribution in [3.05, 3.63) is 28.9 Å². The van der Waals surface area contributed by atoms with Crippen LogP contribution in [0.1, 0.15) is 34.6 Å². The lowest BCUT2D eigenvalue weighted by Crippen LogP contribution is -2.02. The summed E-state index contributed by atoms with van der Waals surface area (Å²) < 4.78 is 0. The molecule has 1 aromatic rings. The van der Waals surface area contributed by atoms with E-state index in [1.807, 2.05) is 49.4 Å². The van der Waals surface area contributed by atoms with Gasteiger partial charge in [-0.25, -0.2) is 0 Å². The van der Waals surface area contributed by atoms with Gasteiger partial charge in [-0.2, -0.15) is 5.10 Å². The van der Waals surface area contributed by atoms with Crippen LogP contribution in [-0.2, 0) is 0 Å². The van der Waals surface area contributed by atoms with Crippen molar-refractivity contribution in [2.45, 2.75) is 23.3 Å². The molecule has 2 unspecified atom stereocenters. The number of nitrogens with zero attached hydrogens (tertiary/aromatic N) is 1. The number of rotatable bonds is 2. The van der Waals surface area contributed by atoms with Gasteiger partial charge in [0, 0.05) is 16.6 Å². The lowest BCUT2D eigenvalue weighted by atomic mass is 10.1. The van der Waals surface area contributed by atoms with Gasteiger partial charge in [0.25, 0.3) is 0 Å². The Bertz CT molecular complexity index is 384. The van der Waals surface area contributed by atoms with Gasteiger partial charge in [-0.1, -0.05) is 49.3 Å². The highest BCUT2D eigenvalue weighted by Crippen LogP contribution is 2.51. The fraction of sp³-hybridized carbons (Fsp3) is 0.500. The summed E-state index contributed by atoms with van der Waals surface area (Å²) >= 11 is 0. The first-order valence-electron chi connectivity index (χ1n) is 5.25. The van der Waals surface area contributed by atoms with Gasteiger partial charge in [0.1, 0.15) is 0 Å². The molecule has 0 saturated carbocycles. The second kappa shape index (κ2) is 5.33. The molecule has 0 spiro atoms. The highest BCUT2D eigenvalue weighted by Gasteiger charge is 2.25. The standard InChI is InChI=1S/C10H12N2S4/c1-2-8(15-13-4-1)7-6-11-12-10(7)9-3-5-14-16-9/h3,5-6,8-9H,1-2,4H2,(H,11,12). The summed E-state index contributed by atoms with van der Waals surface area (Å²) in [4.78, 5) is 0. The first-order chi connectivity index (χ1) is 7.95. The van der Waals surface area contributed by atoms with Crippen LogP contribution in [0.2, 0.25) is 0 Å². The molecule has 2 nitrogen and oxygen atoms in total. The molecule has 1 fully saturated rings. The summed E-state index contributed by atoms with van der Waals surface area (Å²) in [7, 11) is 7.72. The Kier molecular flexibility index (Phi) is 3.81. The van der Waals surface area contributed by atoms with Crippen LogP contribution in [-0.4, -0.2) is 16.0 Å². The van der Waals surface area contributed by atoms with Gasteiger partial charge in [-0.05, 0) is 18.2 Å². The second-order valence-corrected chi connectivity index (χ2v) is 8.74. The van der Waals surface area contributed by atoms with Gasteiger partial charge >= 0.3 is 0 Å². The third kappa shape index (κ3) is 2.30. The molecule has 0 aromatic carbocycles. The van der Waals surface area contributed by atoms with Crippen molar-refractivity contribution in [2.75, 3.05) is 5.75 Å². The van der Waals surface area contributed by atoms with Crippen LogP contribution in [0.5, 0.6) is 0 Å². The van der Waals surface area contributed by atoms with E-state index < -0.39 is 0 Å². The van der Waals surface area contributed by atoms with Gasteiger partial charge in [0.05, 0.1) is 17.1 Å². The third-order valence-electron chi connectivity index (χ3n) is 2.68. The predicted octanol–water partition coefficient (Wildman–Crippen LogP) is 4.58. The van der Waals surface area contributed by atoms with Gasteiger partial charge in [-0.3, -0.25) is 5.10 Å². The molecular formula is C10H12N2S4. The quantitative estimate of drug-likeness (QED) is 0.805. The molecule has 1 N–H and O–H groups in total. The van der Waals surface area contributed by atoms with E-state index in [-0.39, 0.29) is 0 Å². The Morgan fingerprint density at radius 1 is 1.38 bits per heavy atom. The minimum absolute atomic E-state index is 0.468. The van der Waals surface area contributed by atoms with Crippen molar-refractivity contribution in [2.24, 2.45) is 0 Å². The van der Waals surface area contributed by atoms with Crippen molar-refractivity contribution in [1.29, 1.82) is 0 Å². The Balaban J connectivity index is 1.83. The van der Waals surface area contributed by atoms with Crippen molar-refractivity contribution in [1.82, 2.24) is 10.2 Å². The van der Waals surface area contributed by atoms with E-state index in [0.717, 1.165) is 0 Å². The van der Waals surface area contributed by atoms with Crippen LogP contribution in [0.25, 0.3) is 0 Å². The summed E-state index contributed by atoms with van der Waals surface area (Å²) in [6, 6.07) is 0. The molecule has 0 radical (unpaired) electrons. The van der Waals surface area contributed by atoms with Crippen LogP contribution in [0.15, 0.2) is 17.7 Å². The largest absolute Gasteiger partial charge is 0.281 e. The van der Waals surface area contributed by atoms with Crippen LogP contribution >= 0.6 is 43.2 Å². The molecule has 16 heavy (non-hydrogen) atoms. The monoisotopic (exact) mass is 288 g/mol. The summed E-state index contributed by atoms with van der Waals surface area (Å²) in [5.41, 5.74) is 2.73. The molecule has 0 amide bonds. The molecule has 0 aliphatic carbocycles. The average molecular weight is 288 g/mol. The summed E-state index contributed by atoms with van der Waals surface area (Å²) in [5.74, 6) is 1.29. The minimum Gasteiger partial charge on any atom is -0.281 e. The molecule has 1 saturated heterocycles. The molecule has 2 aliphatic heterocycles. The fourth-order valence-electron chi connectivity index (χ4n) is 1.88. The topological polar surface area (TPSA) is 28.7 Å². The highest BCUT2D eigenvalue weighted by molar-refractivity contribution is 8.78. The smallest absolute Gasteiger partial charge is 0.0762 e. The number of H-pyrrole nitrogens is 1. The maximum atomic E-state index is 4.24. The summed E-state index contributed by atoms with van der Waals surface area (Å²) in [6.45, 7) is 0. The zero-order valence-corrected chi connectivity index (χ0v) is 11.9. The second-order valence-electron chi connectivity index (χ2n) is 3.73.